The second-order valence-electron chi connectivity index (χ2n) is 5.37. The summed E-state index contributed by atoms with van der Waals surface area (Å²) in [6.45, 7) is 1.57. The molecule has 2 aromatic rings. The Bertz CT molecular complexity index is 607. The van der Waals surface area contributed by atoms with Gasteiger partial charge in [0.05, 0.1) is 19.4 Å². The third kappa shape index (κ3) is 3.24. The summed E-state index contributed by atoms with van der Waals surface area (Å²) in [5.74, 6) is 0.818. The van der Waals surface area contributed by atoms with Crippen LogP contribution in [0.4, 0.5) is 5.13 Å². The average molecular weight is 388 g/mol. The number of furan rings is 1. The summed E-state index contributed by atoms with van der Waals surface area (Å²) in [6, 6.07) is 3.73. The molecule has 7 nitrogen and oxygen atoms in total. The number of halogens is 1. The van der Waals surface area contributed by atoms with E-state index in [9.17, 15) is 5.21 Å². The van der Waals surface area contributed by atoms with Gasteiger partial charge in [0.25, 0.3) is 0 Å². The molecule has 3 rings (SSSR count). The van der Waals surface area contributed by atoms with Gasteiger partial charge in [0.2, 0.25) is 0 Å². The van der Waals surface area contributed by atoms with Gasteiger partial charge in [0.1, 0.15) is 17.4 Å². The van der Waals surface area contributed by atoms with E-state index in [2.05, 4.69) is 31.4 Å². The summed E-state index contributed by atoms with van der Waals surface area (Å²) in [4.78, 5) is 2.01. The third-order valence-corrected chi connectivity index (χ3v) is 5.11. The van der Waals surface area contributed by atoms with Crippen LogP contribution in [-0.2, 0) is 13.0 Å². The van der Waals surface area contributed by atoms with Crippen LogP contribution in [0.15, 0.2) is 22.8 Å². The van der Waals surface area contributed by atoms with Crippen molar-refractivity contribution in [2.75, 3.05) is 25.6 Å². The summed E-state index contributed by atoms with van der Waals surface area (Å²) < 4.78 is 4.81. The number of aryl methyl sites for hydroxylation is 1. The highest BCUT2D eigenvalue weighted by molar-refractivity contribution is 9.09. The Balaban J connectivity index is 1.75. The highest BCUT2D eigenvalue weighted by Gasteiger charge is 2.42. The zero-order chi connectivity index (χ0) is 15.6. The first kappa shape index (κ1) is 16.0. The lowest BCUT2D eigenvalue weighted by Crippen LogP contribution is -2.55. The van der Waals surface area contributed by atoms with E-state index >= 15 is 0 Å². The smallest absolute Gasteiger partial charge is 0.309 e. The Hall–Kier alpha value is -0.840. The predicted octanol–water partition coefficient (Wildman–Crippen LogP) is 1.89. The molecule has 2 unspecified atom stereocenters. The molecule has 0 amide bonds. The summed E-state index contributed by atoms with van der Waals surface area (Å²) in [7, 11) is 1.94. The maximum Gasteiger partial charge on any atom is 0.309 e. The number of alkyl halides is 1. The summed E-state index contributed by atoms with van der Waals surface area (Å²) >= 11 is 4.79. The maximum atomic E-state index is 13.3. The van der Waals surface area contributed by atoms with Gasteiger partial charge in [-0.05, 0) is 30.5 Å². The number of quaternary nitrogens is 1. The van der Waals surface area contributed by atoms with Gasteiger partial charge in [0.15, 0.2) is 6.17 Å². The number of likely N-dealkylation sites (N-methyl/N-ethyl adjacent to an activating group) is 1. The van der Waals surface area contributed by atoms with Gasteiger partial charge in [-0.1, -0.05) is 21.0 Å². The Morgan fingerprint density at radius 3 is 3.18 bits per heavy atom. The van der Waals surface area contributed by atoms with Crippen molar-refractivity contribution in [2.24, 2.45) is 0 Å². The van der Waals surface area contributed by atoms with E-state index in [1.807, 2.05) is 24.1 Å². The molecule has 1 N–H and O–H groups in total. The SMILES string of the molecule is CN1CC(NCc2ccco2)[N+]([O-])(c2nnc(CCBr)s2)C1. The van der Waals surface area contributed by atoms with E-state index < -0.39 is 4.65 Å². The maximum absolute atomic E-state index is 13.3. The first-order valence-electron chi connectivity index (χ1n) is 7.04. The van der Waals surface area contributed by atoms with Crippen molar-refractivity contribution in [3.8, 4) is 0 Å². The van der Waals surface area contributed by atoms with Gasteiger partial charge >= 0.3 is 5.13 Å². The van der Waals surface area contributed by atoms with Crippen LogP contribution < -0.4 is 9.96 Å². The molecule has 2 aromatic heterocycles. The largest absolute Gasteiger partial charge is 0.623 e. The van der Waals surface area contributed by atoms with Gasteiger partial charge in [-0.25, -0.2) is 0 Å². The van der Waals surface area contributed by atoms with Crippen LogP contribution in [0.1, 0.15) is 10.8 Å². The quantitative estimate of drug-likeness (QED) is 0.463. The van der Waals surface area contributed by atoms with Crippen LogP contribution in [0.25, 0.3) is 0 Å². The van der Waals surface area contributed by atoms with Crippen LogP contribution in [0.5, 0.6) is 0 Å². The molecule has 22 heavy (non-hydrogen) atoms. The fraction of sp³-hybridized carbons (Fsp3) is 0.538. The van der Waals surface area contributed by atoms with Gasteiger partial charge in [-0.2, -0.15) is 0 Å². The number of hydrogen-bond donors (Lipinski definition) is 1. The average Bonchev–Trinajstić information content (AvgIpc) is 3.18. The molecule has 0 aliphatic carbocycles. The molecule has 1 saturated heterocycles. The summed E-state index contributed by atoms with van der Waals surface area (Å²) in [5.41, 5.74) is 0. The molecule has 0 radical (unpaired) electrons. The number of rotatable bonds is 6. The normalized spacial score (nSPS) is 25.9. The van der Waals surface area contributed by atoms with E-state index in [0.717, 1.165) is 22.5 Å². The molecule has 0 spiro atoms. The molecule has 9 heteroatoms. The van der Waals surface area contributed by atoms with Crippen molar-refractivity contribution in [1.29, 1.82) is 0 Å². The molecule has 0 saturated carbocycles. The molecule has 3 heterocycles. The van der Waals surface area contributed by atoms with Crippen LogP contribution in [0.3, 0.4) is 0 Å². The minimum Gasteiger partial charge on any atom is -0.623 e. The summed E-state index contributed by atoms with van der Waals surface area (Å²) in [6.07, 6.45) is 2.15. The van der Waals surface area contributed by atoms with Gasteiger partial charge in [-0.3, -0.25) is 14.9 Å². The Morgan fingerprint density at radius 1 is 1.59 bits per heavy atom. The molecule has 120 valence electrons. The topological polar surface area (TPSA) is 77.2 Å². The van der Waals surface area contributed by atoms with E-state index in [1.165, 1.54) is 11.3 Å². The molecular weight excluding hydrogens is 370 g/mol. The fourth-order valence-corrected chi connectivity index (χ4v) is 4.11. The van der Waals surface area contributed by atoms with E-state index in [1.54, 1.807) is 6.26 Å². The zero-order valence-corrected chi connectivity index (χ0v) is 14.6. The van der Waals surface area contributed by atoms with Crippen LogP contribution in [0.2, 0.25) is 0 Å². The Labute approximate surface area is 141 Å². The lowest BCUT2D eigenvalue weighted by Gasteiger charge is -2.39. The minimum atomic E-state index is -0.503. The van der Waals surface area contributed by atoms with Crippen molar-refractivity contribution in [2.45, 2.75) is 19.1 Å². The van der Waals surface area contributed by atoms with Crippen molar-refractivity contribution in [3.05, 3.63) is 34.4 Å². The molecule has 0 aromatic carbocycles. The first-order chi connectivity index (χ1) is 10.6. The number of aromatic nitrogens is 2. The second kappa shape index (κ2) is 6.73. The van der Waals surface area contributed by atoms with E-state index in [4.69, 9.17) is 4.42 Å². The fourth-order valence-electron chi connectivity index (χ4n) is 2.56. The lowest BCUT2D eigenvalue weighted by atomic mass is 10.4. The highest BCUT2D eigenvalue weighted by atomic mass is 79.9. The van der Waals surface area contributed by atoms with Crippen LogP contribution in [0, 0.1) is 5.21 Å². The Kier molecular flexibility index (Phi) is 4.91. The molecule has 1 fully saturated rings. The minimum absolute atomic E-state index is 0.278. The third-order valence-electron chi connectivity index (χ3n) is 3.62. The lowest BCUT2D eigenvalue weighted by molar-refractivity contribution is 0.281. The molecule has 2 atom stereocenters. The van der Waals surface area contributed by atoms with Crippen molar-refractivity contribution in [3.63, 3.8) is 0 Å². The molecule has 1 aliphatic rings. The van der Waals surface area contributed by atoms with E-state index in [-0.39, 0.29) is 6.17 Å². The van der Waals surface area contributed by atoms with Crippen molar-refractivity contribution in [1.82, 2.24) is 25.1 Å². The van der Waals surface area contributed by atoms with Crippen molar-refractivity contribution >= 4 is 32.4 Å². The van der Waals surface area contributed by atoms with Gasteiger partial charge in [0, 0.05) is 11.8 Å². The second-order valence-corrected chi connectivity index (χ2v) is 7.20. The number of hydrogen-bond acceptors (Lipinski definition) is 7. The Morgan fingerprint density at radius 2 is 2.45 bits per heavy atom. The van der Waals surface area contributed by atoms with Gasteiger partial charge in [-0.15, -0.1) is 5.10 Å². The standard InChI is InChI=1S/C13H18BrN5O2S/c1-18-8-11(15-7-10-3-2-6-21-10)19(20,9-18)13-17-16-12(22-13)4-5-14/h2-3,6,11,15H,4-5,7-9H2,1H3. The zero-order valence-electron chi connectivity index (χ0n) is 12.2. The first-order valence-corrected chi connectivity index (χ1v) is 8.97. The monoisotopic (exact) mass is 387 g/mol. The van der Waals surface area contributed by atoms with Crippen LogP contribution in [-0.4, -0.2) is 46.9 Å². The van der Waals surface area contributed by atoms with Crippen molar-refractivity contribution < 1.29 is 4.42 Å². The predicted molar refractivity (Wildman–Crippen MR) is 89.4 cm³/mol. The number of nitrogens with one attached hydrogen (secondary N) is 1. The number of nitrogens with zero attached hydrogens (tertiary/aromatic N) is 4. The molecule has 1 aliphatic heterocycles. The highest BCUT2D eigenvalue weighted by Crippen LogP contribution is 2.32. The number of hydroxylamine groups is 2. The molecular formula is C13H18BrN5O2S. The van der Waals surface area contributed by atoms with Crippen LogP contribution >= 0.6 is 27.3 Å². The van der Waals surface area contributed by atoms with E-state index in [0.29, 0.717) is 24.9 Å². The molecule has 0 bridgehead atoms. The van der Waals surface area contributed by atoms with Gasteiger partial charge < -0.3 is 9.62 Å². The summed E-state index contributed by atoms with van der Waals surface area (Å²) in [5, 5.41) is 27.1.